The van der Waals surface area contributed by atoms with Crippen molar-refractivity contribution in [1.29, 1.82) is 0 Å². The fourth-order valence-corrected chi connectivity index (χ4v) is 7.26. The molecule has 0 radical (unpaired) electrons. The maximum atomic E-state index is 12.4. The molecule has 6 atom stereocenters. The molecule has 0 aliphatic heterocycles. The van der Waals surface area contributed by atoms with E-state index in [-0.39, 0.29) is 23.4 Å². The van der Waals surface area contributed by atoms with Crippen LogP contribution in [0.15, 0.2) is 0 Å². The van der Waals surface area contributed by atoms with Crippen LogP contribution in [0.4, 0.5) is 0 Å². The number of carbonyl (C=O) groups excluding carboxylic acids is 2. The van der Waals surface area contributed by atoms with Crippen LogP contribution in [0.1, 0.15) is 72.1 Å². The lowest BCUT2D eigenvalue weighted by molar-refractivity contribution is -0.187. The summed E-state index contributed by atoms with van der Waals surface area (Å²) in [4.78, 5) is 24.7. The molecule has 1 N–H and O–H groups in total. The van der Waals surface area contributed by atoms with E-state index in [2.05, 4.69) is 13.8 Å². The van der Waals surface area contributed by atoms with E-state index < -0.39 is 10.8 Å². The van der Waals surface area contributed by atoms with E-state index in [0.717, 1.165) is 44.9 Å². The number of esters is 1. The molecule has 0 amide bonds. The monoisotopic (exact) mass is 350 g/mol. The predicted octanol–water partition coefficient (Wildman–Crippen LogP) is 3.75. The van der Waals surface area contributed by atoms with Crippen LogP contribution in [0.3, 0.4) is 0 Å². The molecule has 3 fully saturated rings. The summed E-state index contributed by atoms with van der Waals surface area (Å²) in [7, 11) is 1.44. The summed E-state index contributed by atoms with van der Waals surface area (Å²) in [6.45, 7) is 6.78. The molecule has 0 spiro atoms. The summed E-state index contributed by atoms with van der Waals surface area (Å²) in [5.41, 5.74) is -0.929. The molecular formula is C21H34O4. The summed E-state index contributed by atoms with van der Waals surface area (Å²) < 4.78 is 5.06. The molecule has 0 unspecified atom stereocenters. The van der Waals surface area contributed by atoms with Crippen LogP contribution in [0.2, 0.25) is 0 Å². The number of methoxy groups -OCH3 is 1. The van der Waals surface area contributed by atoms with Gasteiger partial charge in [0.05, 0.1) is 12.5 Å². The smallest absolute Gasteiger partial charge is 0.311 e. The molecule has 0 aromatic heterocycles. The van der Waals surface area contributed by atoms with E-state index in [9.17, 15) is 14.7 Å². The third kappa shape index (κ3) is 2.58. The zero-order valence-electron chi connectivity index (χ0n) is 16.3. The fourth-order valence-electron chi connectivity index (χ4n) is 7.26. The SMILES string of the molecule is COC(=O)[C@@]1(C)CC[C@@H]2[C@](C=O)(CC[C@@H]3[C@](C)(CO)CCC[C@]32C)C1. The Morgan fingerprint density at radius 2 is 1.80 bits per heavy atom. The molecule has 0 aromatic carbocycles. The highest BCUT2D eigenvalue weighted by Crippen LogP contribution is 2.68. The normalized spacial score (nSPS) is 49.6. The van der Waals surface area contributed by atoms with Crippen molar-refractivity contribution in [3.05, 3.63) is 0 Å². The predicted molar refractivity (Wildman–Crippen MR) is 95.8 cm³/mol. The van der Waals surface area contributed by atoms with Crippen molar-refractivity contribution in [3.63, 3.8) is 0 Å². The van der Waals surface area contributed by atoms with Crippen LogP contribution in [-0.2, 0) is 14.3 Å². The Morgan fingerprint density at radius 3 is 2.40 bits per heavy atom. The lowest BCUT2D eigenvalue weighted by atomic mass is 9.39. The van der Waals surface area contributed by atoms with Gasteiger partial charge in [-0.25, -0.2) is 0 Å². The van der Waals surface area contributed by atoms with Gasteiger partial charge in [0.15, 0.2) is 0 Å². The van der Waals surface area contributed by atoms with E-state index in [1.807, 2.05) is 6.92 Å². The number of aldehydes is 1. The molecule has 142 valence electrons. The molecule has 0 aromatic rings. The minimum absolute atomic E-state index is 0.0366. The highest BCUT2D eigenvalue weighted by molar-refractivity contribution is 5.78. The molecular weight excluding hydrogens is 316 g/mol. The average molecular weight is 350 g/mol. The molecule has 25 heavy (non-hydrogen) atoms. The second-order valence-electron chi connectivity index (χ2n) is 9.93. The Kier molecular flexibility index (Phi) is 4.59. The van der Waals surface area contributed by atoms with Gasteiger partial charge in [-0.1, -0.05) is 20.3 Å². The Balaban J connectivity index is 1.98. The zero-order valence-corrected chi connectivity index (χ0v) is 16.3. The van der Waals surface area contributed by atoms with Gasteiger partial charge in [0.1, 0.15) is 6.29 Å². The Morgan fingerprint density at radius 1 is 1.12 bits per heavy atom. The summed E-state index contributed by atoms with van der Waals surface area (Å²) in [5, 5.41) is 10.1. The zero-order chi connectivity index (χ0) is 18.5. The van der Waals surface area contributed by atoms with E-state index in [0.29, 0.717) is 18.3 Å². The van der Waals surface area contributed by atoms with Gasteiger partial charge < -0.3 is 14.6 Å². The Bertz CT molecular complexity index is 560. The first-order chi connectivity index (χ1) is 11.7. The summed E-state index contributed by atoms with van der Waals surface area (Å²) >= 11 is 0. The Labute approximate surface area is 151 Å². The van der Waals surface area contributed by atoms with E-state index >= 15 is 0 Å². The number of ether oxygens (including phenoxy) is 1. The average Bonchev–Trinajstić information content (AvgIpc) is 2.60. The highest BCUT2D eigenvalue weighted by Gasteiger charge is 2.64. The number of aliphatic hydroxyl groups is 1. The number of hydrogen-bond donors (Lipinski definition) is 1. The minimum Gasteiger partial charge on any atom is -0.469 e. The lowest BCUT2D eigenvalue weighted by Gasteiger charge is -2.65. The topological polar surface area (TPSA) is 63.6 Å². The van der Waals surface area contributed by atoms with Gasteiger partial charge in [-0.15, -0.1) is 0 Å². The quantitative estimate of drug-likeness (QED) is 0.622. The molecule has 3 aliphatic carbocycles. The first-order valence-corrected chi connectivity index (χ1v) is 9.85. The van der Waals surface area contributed by atoms with Gasteiger partial charge in [0.25, 0.3) is 0 Å². The number of rotatable bonds is 3. The number of aliphatic hydroxyl groups excluding tert-OH is 1. The molecule has 0 bridgehead atoms. The Hall–Kier alpha value is -0.900. The molecule has 0 saturated heterocycles. The van der Waals surface area contributed by atoms with Crippen molar-refractivity contribution in [3.8, 4) is 0 Å². The lowest BCUT2D eigenvalue weighted by Crippen LogP contribution is -2.60. The largest absolute Gasteiger partial charge is 0.469 e. The van der Waals surface area contributed by atoms with Gasteiger partial charge in [-0.3, -0.25) is 4.79 Å². The van der Waals surface area contributed by atoms with Gasteiger partial charge in [0, 0.05) is 12.0 Å². The maximum absolute atomic E-state index is 12.4. The van der Waals surface area contributed by atoms with Crippen LogP contribution in [0.25, 0.3) is 0 Å². The van der Waals surface area contributed by atoms with Crippen LogP contribution in [0.5, 0.6) is 0 Å². The van der Waals surface area contributed by atoms with E-state index in [1.165, 1.54) is 13.4 Å². The van der Waals surface area contributed by atoms with Crippen molar-refractivity contribution >= 4 is 12.3 Å². The third-order valence-electron chi connectivity index (χ3n) is 8.47. The fraction of sp³-hybridized carbons (Fsp3) is 0.905. The van der Waals surface area contributed by atoms with Crippen LogP contribution in [0, 0.1) is 33.5 Å². The first-order valence-electron chi connectivity index (χ1n) is 9.85. The summed E-state index contributed by atoms with van der Waals surface area (Å²) in [5.74, 6) is 0.586. The molecule has 4 nitrogen and oxygen atoms in total. The summed E-state index contributed by atoms with van der Waals surface area (Å²) in [6, 6.07) is 0. The van der Waals surface area contributed by atoms with E-state index in [4.69, 9.17) is 4.74 Å². The first kappa shape index (κ1) is 18.9. The second-order valence-corrected chi connectivity index (χ2v) is 9.93. The second kappa shape index (κ2) is 6.07. The summed E-state index contributed by atoms with van der Waals surface area (Å²) in [6.07, 6.45) is 8.60. The standard InChI is InChI=1S/C21H34O4/c1-18(17(24)25-4)10-6-16-20(3)9-5-8-19(2,13-22)15(20)7-11-21(16,12-18)14-23/h14-16,22H,5-13H2,1-4H3/t15-,16+,18+,19+,20-,21-/m1/s1. The van der Waals surface area contributed by atoms with Crippen LogP contribution < -0.4 is 0 Å². The minimum atomic E-state index is -0.551. The van der Waals surface area contributed by atoms with Crippen molar-refractivity contribution in [2.45, 2.75) is 72.1 Å². The van der Waals surface area contributed by atoms with Crippen molar-refractivity contribution < 1.29 is 19.4 Å². The van der Waals surface area contributed by atoms with Crippen molar-refractivity contribution in [1.82, 2.24) is 0 Å². The number of fused-ring (bicyclic) bond motifs is 3. The molecule has 0 heterocycles. The van der Waals surface area contributed by atoms with Crippen molar-refractivity contribution in [2.75, 3.05) is 13.7 Å². The number of hydrogen-bond acceptors (Lipinski definition) is 4. The van der Waals surface area contributed by atoms with Crippen LogP contribution >= 0.6 is 0 Å². The highest BCUT2D eigenvalue weighted by atomic mass is 16.5. The van der Waals surface area contributed by atoms with Gasteiger partial charge in [0.2, 0.25) is 0 Å². The third-order valence-corrected chi connectivity index (χ3v) is 8.47. The molecule has 3 saturated carbocycles. The molecule has 3 rings (SSSR count). The molecule has 3 aliphatic rings. The van der Waals surface area contributed by atoms with Gasteiger partial charge >= 0.3 is 5.97 Å². The maximum Gasteiger partial charge on any atom is 0.311 e. The van der Waals surface area contributed by atoms with E-state index in [1.54, 1.807) is 0 Å². The van der Waals surface area contributed by atoms with Gasteiger partial charge in [-0.2, -0.15) is 0 Å². The van der Waals surface area contributed by atoms with Crippen LogP contribution in [-0.4, -0.2) is 31.1 Å². The van der Waals surface area contributed by atoms with Crippen molar-refractivity contribution in [2.24, 2.45) is 33.5 Å². The number of carbonyl (C=O) groups is 2. The van der Waals surface area contributed by atoms with Gasteiger partial charge in [-0.05, 0) is 74.5 Å². The molecule has 4 heteroatoms.